The fraction of sp³-hybridized carbons (Fsp3) is 0.412. The van der Waals surface area contributed by atoms with Crippen LogP contribution in [0, 0.1) is 6.92 Å². The molecule has 26 heavy (non-hydrogen) atoms. The summed E-state index contributed by atoms with van der Waals surface area (Å²) in [6, 6.07) is 1.77. The van der Waals surface area contributed by atoms with Crippen LogP contribution in [0.25, 0.3) is 11.0 Å². The van der Waals surface area contributed by atoms with Gasteiger partial charge in [-0.1, -0.05) is 0 Å². The SMILES string of the molecule is Cc1cc2c(=O)[nH]c(=O)[nH]c2nc1N1CCC(Oc2cnn(C)c2)CC1. The van der Waals surface area contributed by atoms with Crippen LogP contribution in [0.3, 0.4) is 0 Å². The summed E-state index contributed by atoms with van der Waals surface area (Å²) in [5.74, 6) is 1.57. The predicted octanol–water partition coefficient (Wildman–Crippen LogP) is 0.701. The van der Waals surface area contributed by atoms with Crippen molar-refractivity contribution in [3.8, 4) is 5.75 Å². The van der Waals surface area contributed by atoms with Crippen LogP contribution < -0.4 is 20.9 Å². The molecule has 1 aliphatic heterocycles. The molecule has 0 amide bonds. The number of hydrogen-bond acceptors (Lipinski definition) is 6. The zero-order chi connectivity index (χ0) is 18.3. The average molecular weight is 356 g/mol. The Kier molecular flexibility index (Phi) is 3.98. The van der Waals surface area contributed by atoms with E-state index in [0.29, 0.717) is 11.0 Å². The van der Waals surface area contributed by atoms with E-state index in [2.05, 4.69) is 25.0 Å². The van der Waals surface area contributed by atoms with Crippen molar-refractivity contribution in [2.45, 2.75) is 25.9 Å². The third kappa shape index (κ3) is 3.07. The zero-order valence-electron chi connectivity index (χ0n) is 14.7. The predicted molar refractivity (Wildman–Crippen MR) is 96.8 cm³/mol. The highest BCUT2D eigenvalue weighted by Gasteiger charge is 2.23. The summed E-state index contributed by atoms with van der Waals surface area (Å²) >= 11 is 0. The molecule has 0 saturated carbocycles. The van der Waals surface area contributed by atoms with Crippen molar-refractivity contribution in [3.05, 3.63) is 44.9 Å². The summed E-state index contributed by atoms with van der Waals surface area (Å²) in [5.41, 5.74) is 0.248. The Morgan fingerprint density at radius 3 is 2.69 bits per heavy atom. The molecular weight excluding hydrogens is 336 g/mol. The summed E-state index contributed by atoms with van der Waals surface area (Å²) in [6.07, 6.45) is 5.43. The van der Waals surface area contributed by atoms with Crippen molar-refractivity contribution in [2.24, 2.45) is 7.05 Å². The van der Waals surface area contributed by atoms with E-state index in [4.69, 9.17) is 4.74 Å². The van der Waals surface area contributed by atoms with E-state index in [1.165, 1.54) is 0 Å². The third-order valence-electron chi connectivity index (χ3n) is 4.62. The van der Waals surface area contributed by atoms with Crippen LogP contribution >= 0.6 is 0 Å². The number of ether oxygens (including phenoxy) is 1. The number of rotatable bonds is 3. The van der Waals surface area contributed by atoms with Gasteiger partial charge in [0, 0.05) is 33.0 Å². The first kappa shape index (κ1) is 16.4. The highest BCUT2D eigenvalue weighted by molar-refractivity contribution is 5.77. The first-order valence-electron chi connectivity index (χ1n) is 8.54. The molecule has 0 radical (unpaired) electrons. The molecule has 1 aliphatic rings. The van der Waals surface area contributed by atoms with E-state index in [1.807, 2.05) is 20.2 Å². The Balaban J connectivity index is 1.53. The lowest BCUT2D eigenvalue weighted by Gasteiger charge is -2.33. The molecule has 0 spiro atoms. The van der Waals surface area contributed by atoms with E-state index < -0.39 is 11.2 Å². The van der Waals surface area contributed by atoms with Gasteiger partial charge in [0.1, 0.15) is 17.6 Å². The molecule has 0 bridgehead atoms. The molecule has 2 N–H and O–H groups in total. The van der Waals surface area contributed by atoms with Crippen LogP contribution in [0.2, 0.25) is 0 Å². The van der Waals surface area contributed by atoms with Gasteiger partial charge in [0.15, 0.2) is 5.75 Å². The molecule has 0 unspecified atom stereocenters. The molecule has 3 aromatic heterocycles. The number of aromatic nitrogens is 5. The van der Waals surface area contributed by atoms with Gasteiger partial charge in [-0.3, -0.25) is 19.4 Å². The Morgan fingerprint density at radius 1 is 1.23 bits per heavy atom. The summed E-state index contributed by atoms with van der Waals surface area (Å²) in [4.78, 5) is 34.9. The third-order valence-corrected chi connectivity index (χ3v) is 4.62. The standard InChI is InChI=1S/C17H20N6O3/c1-10-7-13-14(20-17(25)21-16(13)24)19-15(10)23-5-3-11(4-6-23)26-12-8-18-22(2)9-12/h7-9,11H,3-6H2,1-2H3,(H2,19,20,21,24,25). The van der Waals surface area contributed by atoms with Gasteiger partial charge >= 0.3 is 5.69 Å². The van der Waals surface area contributed by atoms with E-state index >= 15 is 0 Å². The number of pyridine rings is 1. The second kappa shape index (κ2) is 6.32. The van der Waals surface area contributed by atoms with Gasteiger partial charge in [-0.2, -0.15) is 5.10 Å². The number of aromatic amines is 2. The van der Waals surface area contributed by atoms with Crippen LogP contribution in [-0.2, 0) is 7.05 Å². The van der Waals surface area contributed by atoms with Crippen molar-refractivity contribution in [1.29, 1.82) is 0 Å². The highest BCUT2D eigenvalue weighted by Crippen LogP contribution is 2.25. The minimum atomic E-state index is -0.548. The molecule has 9 heteroatoms. The number of fused-ring (bicyclic) bond motifs is 1. The number of piperidine rings is 1. The number of anilines is 1. The van der Waals surface area contributed by atoms with E-state index in [-0.39, 0.29) is 6.10 Å². The number of H-pyrrole nitrogens is 2. The summed E-state index contributed by atoms with van der Waals surface area (Å²) in [6.45, 7) is 3.50. The second-order valence-electron chi connectivity index (χ2n) is 6.59. The van der Waals surface area contributed by atoms with Gasteiger partial charge in [-0.05, 0) is 18.6 Å². The van der Waals surface area contributed by atoms with Gasteiger partial charge < -0.3 is 9.64 Å². The molecule has 4 heterocycles. The fourth-order valence-electron chi connectivity index (χ4n) is 3.34. The summed E-state index contributed by atoms with van der Waals surface area (Å²) in [5, 5.41) is 4.50. The number of nitrogens with one attached hydrogen (secondary N) is 2. The lowest BCUT2D eigenvalue weighted by Crippen LogP contribution is -2.39. The van der Waals surface area contributed by atoms with Gasteiger partial charge in [0.2, 0.25) is 0 Å². The largest absolute Gasteiger partial charge is 0.487 e. The van der Waals surface area contributed by atoms with Crippen molar-refractivity contribution in [1.82, 2.24) is 24.7 Å². The maximum absolute atomic E-state index is 11.9. The maximum Gasteiger partial charge on any atom is 0.327 e. The van der Waals surface area contributed by atoms with Crippen molar-refractivity contribution < 1.29 is 4.74 Å². The Hall–Kier alpha value is -3.10. The monoisotopic (exact) mass is 356 g/mol. The normalized spacial score (nSPS) is 15.5. The Morgan fingerprint density at radius 2 is 2.00 bits per heavy atom. The first-order chi connectivity index (χ1) is 12.5. The number of hydrogen-bond donors (Lipinski definition) is 2. The highest BCUT2D eigenvalue weighted by atomic mass is 16.5. The molecule has 0 aliphatic carbocycles. The van der Waals surface area contributed by atoms with Crippen molar-refractivity contribution in [3.63, 3.8) is 0 Å². The minimum Gasteiger partial charge on any atom is -0.487 e. The zero-order valence-corrected chi connectivity index (χ0v) is 14.7. The Labute approximate surface area is 148 Å². The van der Waals surface area contributed by atoms with Crippen LogP contribution in [0.1, 0.15) is 18.4 Å². The number of nitrogens with zero attached hydrogens (tertiary/aromatic N) is 4. The molecule has 1 saturated heterocycles. The summed E-state index contributed by atoms with van der Waals surface area (Å²) in [7, 11) is 1.86. The average Bonchev–Trinajstić information content (AvgIpc) is 3.01. The molecular formula is C17H20N6O3. The van der Waals surface area contributed by atoms with Gasteiger partial charge in [-0.25, -0.2) is 9.78 Å². The molecule has 1 fully saturated rings. The lowest BCUT2D eigenvalue weighted by molar-refractivity contribution is 0.170. The second-order valence-corrected chi connectivity index (χ2v) is 6.59. The van der Waals surface area contributed by atoms with E-state index in [0.717, 1.165) is 43.1 Å². The van der Waals surface area contributed by atoms with Gasteiger partial charge in [0.25, 0.3) is 5.56 Å². The van der Waals surface area contributed by atoms with Crippen LogP contribution in [-0.4, -0.2) is 43.9 Å². The number of aryl methyl sites for hydroxylation is 2. The molecule has 0 atom stereocenters. The molecule has 3 aromatic rings. The quantitative estimate of drug-likeness (QED) is 0.715. The maximum atomic E-state index is 11.9. The molecule has 4 rings (SSSR count). The van der Waals surface area contributed by atoms with Crippen LogP contribution in [0.15, 0.2) is 28.0 Å². The molecule has 0 aromatic carbocycles. The van der Waals surface area contributed by atoms with Crippen molar-refractivity contribution >= 4 is 16.9 Å². The Bertz CT molecular complexity index is 1060. The summed E-state index contributed by atoms with van der Waals surface area (Å²) < 4.78 is 7.69. The van der Waals surface area contributed by atoms with Crippen LogP contribution in [0.4, 0.5) is 5.82 Å². The molecule has 9 nitrogen and oxygen atoms in total. The van der Waals surface area contributed by atoms with Crippen molar-refractivity contribution in [2.75, 3.05) is 18.0 Å². The smallest absolute Gasteiger partial charge is 0.327 e. The minimum absolute atomic E-state index is 0.138. The van der Waals surface area contributed by atoms with Gasteiger partial charge in [0.05, 0.1) is 17.8 Å². The van der Waals surface area contributed by atoms with Crippen LogP contribution in [0.5, 0.6) is 5.75 Å². The van der Waals surface area contributed by atoms with E-state index in [9.17, 15) is 9.59 Å². The molecule has 136 valence electrons. The first-order valence-corrected chi connectivity index (χ1v) is 8.54. The van der Waals surface area contributed by atoms with E-state index in [1.54, 1.807) is 16.9 Å². The topological polar surface area (TPSA) is 109 Å². The fourth-order valence-corrected chi connectivity index (χ4v) is 3.34. The lowest BCUT2D eigenvalue weighted by atomic mass is 10.1. The van der Waals surface area contributed by atoms with Gasteiger partial charge in [-0.15, -0.1) is 0 Å².